The highest BCUT2D eigenvalue weighted by Crippen LogP contribution is 2.25. The third kappa shape index (κ3) is 7.50. The van der Waals surface area contributed by atoms with Crippen molar-refractivity contribution >= 4 is 35.0 Å². The third-order valence-electron chi connectivity index (χ3n) is 6.82. The summed E-state index contributed by atoms with van der Waals surface area (Å²) in [6.45, 7) is 0.238. The van der Waals surface area contributed by atoms with E-state index in [2.05, 4.69) is 5.32 Å². The molecule has 37 heavy (non-hydrogen) atoms. The normalized spacial score (nSPS) is 14.2. The topological polar surface area (TPSA) is 58.6 Å². The standard InChI is InChI=1S/C30H32Cl2N2O3/c1-37-25-14-11-22(12-15-25)19-29(35)34(20-23-13-16-26(31)27(32)17-23)28(18-21-7-3-2-4-8-21)30(36)33-24-9-5-6-10-24/h2-4,7-8,11-17,24,28H,5-6,9-10,18-20H2,1H3,(H,33,36)/t28-/m1/s1. The molecule has 0 radical (unpaired) electrons. The lowest BCUT2D eigenvalue weighted by Gasteiger charge is -2.32. The molecule has 5 nitrogen and oxygen atoms in total. The average Bonchev–Trinajstić information content (AvgIpc) is 3.42. The molecule has 0 heterocycles. The van der Waals surface area contributed by atoms with E-state index in [1.54, 1.807) is 24.1 Å². The number of halogens is 2. The van der Waals surface area contributed by atoms with Gasteiger partial charge in [0.05, 0.1) is 23.6 Å². The Kier molecular flexibility index (Phi) is 9.48. The van der Waals surface area contributed by atoms with Crippen LogP contribution in [0.5, 0.6) is 5.75 Å². The van der Waals surface area contributed by atoms with Crippen molar-refractivity contribution in [3.05, 3.63) is 99.5 Å². The summed E-state index contributed by atoms with van der Waals surface area (Å²) in [5.74, 6) is 0.458. The number of rotatable bonds is 10. The molecule has 3 aromatic rings. The summed E-state index contributed by atoms with van der Waals surface area (Å²) in [5, 5.41) is 4.08. The van der Waals surface area contributed by atoms with Gasteiger partial charge >= 0.3 is 0 Å². The van der Waals surface area contributed by atoms with Gasteiger partial charge in [-0.25, -0.2) is 0 Å². The minimum atomic E-state index is -0.678. The van der Waals surface area contributed by atoms with Gasteiger partial charge < -0.3 is 15.0 Å². The lowest BCUT2D eigenvalue weighted by atomic mass is 10.0. The molecule has 3 aromatic carbocycles. The number of nitrogens with zero attached hydrogens (tertiary/aromatic N) is 1. The lowest BCUT2D eigenvalue weighted by Crippen LogP contribution is -2.52. The van der Waals surface area contributed by atoms with Gasteiger partial charge in [-0.15, -0.1) is 0 Å². The summed E-state index contributed by atoms with van der Waals surface area (Å²) < 4.78 is 5.25. The molecule has 1 saturated carbocycles. The molecular formula is C30H32Cl2N2O3. The van der Waals surface area contributed by atoms with Crippen molar-refractivity contribution in [3.8, 4) is 5.75 Å². The van der Waals surface area contributed by atoms with Gasteiger partial charge in [0.25, 0.3) is 0 Å². The van der Waals surface area contributed by atoms with E-state index in [0.29, 0.717) is 16.5 Å². The van der Waals surface area contributed by atoms with Crippen LogP contribution in [0.3, 0.4) is 0 Å². The molecule has 0 unspecified atom stereocenters. The first-order valence-corrected chi connectivity index (χ1v) is 13.4. The molecule has 7 heteroatoms. The zero-order valence-corrected chi connectivity index (χ0v) is 22.5. The zero-order valence-electron chi connectivity index (χ0n) is 21.0. The first-order valence-electron chi connectivity index (χ1n) is 12.6. The summed E-state index contributed by atoms with van der Waals surface area (Å²) in [6.07, 6.45) is 4.73. The van der Waals surface area contributed by atoms with Crippen LogP contribution in [0.15, 0.2) is 72.8 Å². The second-order valence-corrected chi connectivity index (χ2v) is 10.3. The van der Waals surface area contributed by atoms with Gasteiger partial charge in [-0.1, -0.05) is 84.6 Å². The molecule has 194 valence electrons. The van der Waals surface area contributed by atoms with Crippen LogP contribution in [0.25, 0.3) is 0 Å². The summed E-state index contributed by atoms with van der Waals surface area (Å²) in [5.41, 5.74) is 2.65. The van der Waals surface area contributed by atoms with E-state index >= 15 is 0 Å². The van der Waals surface area contributed by atoms with Gasteiger partial charge in [0.1, 0.15) is 11.8 Å². The van der Waals surface area contributed by atoms with Crippen LogP contribution in [0.1, 0.15) is 42.4 Å². The van der Waals surface area contributed by atoms with Crippen molar-refractivity contribution in [3.63, 3.8) is 0 Å². The van der Waals surface area contributed by atoms with Gasteiger partial charge in [0.2, 0.25) is 11.8 Å². The summed E-state index contributed by atoms with van der Waals surface area (Å²) >= 11 is 12.4. The average molecular weight is 540 g/mol. The molecule has 1 N–H and O–H groups in total. The molecule has 0 saturated heterocycles. The van der Waals surface area contributed by atoms with Gasteiger partial charge in [-0.05, 0) is 53.8 Å². The van der Waals surface area contributed by atoms with Crippen LogP contribution in [-0.2, 0) is 29.0 Å². The fourth-order valence-electron chi connectivity index (χ4n) is 4.78. The van der Waals surface area contributed by atoms with Gasteiger partial charge in [0.15, 0.2) is 0 Å². The van der Waals surface area contributed by atoms with E-state index in [-0.39, 0.29) is 30.8 Å². The van der Waals surface area contributed by atoms with Crippen LogP contribution in [0.2, 0.25) is 10.0 Å². The second kappa shape index (κ2) is 13.0. The summed E-state index contributed by atoms with van der Waals surface area (Å²) in [6, 6.07) is 22.0. The SMILES string of the molecule is COc1ccc(CC(=O)N(Cc2ccc(Cl)c(Cl)c2)[C@H](Cc2ccccc2)C(=O)NC2CCCC2)cc1. The highest BCUT2D eigenvalue weighted by Gasteiger charge is 2.32. The number of carbonyl (C=O) groups excluding carboxylic acids is 2. The first kappa shape index (κ1) is 27.0. The molecule has 0 aliphatic heterocycles. The molecule has 1 aliphatic rings. The number of nitrogens with one attached hydrogen (secondary N) is 1. The molecule has 2 amide bonds. The van der Waals surface area contributed by atoms with Crippen LogP contribution in [-0.4, -0.2) is 35.9 Å². The van der Waals surface area contributed by atoms with E-state index in [1.165, 1.54) is 0 Å². The van der Waals surface area contributed by atoms with Gasteiger partial charge in [0, 0.05) is 19.0 Å². The van der Waals surface area contributed by atoms with Crippen molar-refractivity contribution < 1.29 is 14.3 Å². The van der Waals surface area contributed by atoms with Gasteiger partial charge in [-0.2, -0.15) is 0 Å². The van der Waals surface area contributed by atoms with E-state index in [1.807, 2.05) is 60.7 Å². The fraction of sp³-hybridized carbons (Fsp3) is 0.333. The third-order valence-corrected chi connectivity index (χ3v) is 7.56. The minimum Gasteiger partial charge on any atom is -0.497 e. The molecule has 0 bridgehead atoms. The number of hydrogen-bond donors (Lipinski definition) is 1. The van der Waals surface area contributed by atoms with Crippen molar-refractivity contribution in [1.29, 1.82) is 0 Å². The molecule has 1 aliphatic carbocycles. The Bertz CT molecular complexity index is 1200. The Hall–Kier alpha value is -3.02. The van der Waals surface area contributed by atoms with Crippen LogP contribution >= 0.6 is 23.2 Å². The molecule has 0 aromatic heterocycles. The predicted octanol–water partition coefficient (Wildman–Crippen LogP) is 6.24. The van der Waals surface area contributed by atoms with Crippen molar-refractivity contribution in [2.45, 2.75) is 57.2 Å². The number of hydrogen-bond acceptors (Lipinski definition) is 3. The Morgan fingerprint density at radius 3 is 2.24 bits per heavy atom. The second-order valence-electron chi connectivity index (χ2n) is 9.49. The zero-order chi connectivity index (χ0) is 26.2. The van der Waals surface area contributed by atoms with Crippen LogP contribution in [0.4, 0.5) is 0 Å². The highest BCUT2D eigenvalue weighted by atomic mass is 35.5. The quantitative estimate of drug-likeness (QED) is 0.332. The Morgan fingerprint density at radius 1 is 0.919 bits per heavy atom. The maximum atomic E-state index is 13.9. The summed E-state index contributed by atoms with van der Waals surface area (Å²) in [7, 11) is 1.61. The maximum absolute atomic E-state index is 13.9. The predicted molar refractivity (Wildman–Crippen MR) is 148 cm³/mol. The smallest absolute Gasteiger partial charge is 0.243 e. The molecule has 0 spiro atoms. The van der Waals surface area contributed by atoms with Crippen molar-refractivity contribution in [1.82, 2.24) is 10.2 Å². The van der Waals surface area contributed by atoms with Crippen LogP contribution < -0.4 is 10.1 Å². The Morgan fingerprint density at radius 2 is 1.59 bits per heavy atom. The maximum Gasteiger partial charge on any atom is 0.243 e. The van der Waals surface area contributed by atoms with Crippen molar-refractivity contribution in [2.24, 2.45) is 0 Å². The van der Waals surface area contributed by atoms with E-state index in [4.69, 9.17) is 27.9 Å². The van der Waals surface area contributed by atoms with E-state index in [9.17, 15) is 9.59 Å². The van der Waals surface area contributed by atoms with E-state index < -0.39 is 6.04 Å². The monoisotopic (exact) mass is 538 g/mol. The number of benzene rings is 3. The number of methoxy groups -OCH3 is 1. The van der Waals surface area contributed by atoms with Crippen molar-refractivity contribution in [2.75, 3.05) is 7.11 Å². The van der Waals surface area contributed by atoms with Crippen LogP contribution in [0, 0.1) is 0 Å². The Labute approximate surface area is 228 Å². The molecule has 4 rings (SSSR count). The largest absolute Gasteiger partial charge is 0.497 e. The number of amides is 2. The minimum absolute atomic E-state index is 0.126. The molecular weight excluding hydrogens is 507 g/mol. The number of carbonyl (C=O) groups is 2. The lowest BCUT2D eigenvalue weighted by molar-refractivity contribution is -0.141. The molecule has 1 fully saturated rings. The Balaban J connectivity index is 1.66. The summed E-state index contributed by atoms with van der Waals surface area (Å²) in [4.78, 5) is 29.3. The fourth-order valence-corrected chi connectivity index (χ4v) is 5.10. The first-order chi connectivity index (χ1) is 17.9. The van der Waals surface area contributed by atoms with E-state index in [0.717, 1.165) is 48.1 Å². The van der Waals surface area contributed by atoms with Gasteiger partial charge in [-0.3, -0.25) is 9.59 Å². The molecule has 1 atom stereocenters. The highest BCUT2D eigenvalue weighted by molar-refractivity contribution is 6.42. The number of ether oxygens (including phenoxy) is 1.